The number of rotatable bonds is 3. The Bertz CT molecular complexity index is 1340. The predicted octanol–water partition coefficient (Wildman–Crippen LogP) is 5.11. The molecule has 5 nitrogen and oxygen atoms in total. The maximum Gasteiger partial charge on any atom is 0.416 e. The molecule has 0 fully saturated rings. The summed E-state index contributed by atoms with van der Waals surface area (Å²) in [5.41, 5.74) is 0.320. The molecule has 1 aliphatic rings. The van der Waals surface area contributed by atoms with E-state index in [1.807, 2.05) is 25.1 Å². The lowest BCUT2D eigenvalue weighted by molar-refractivity contribution is -0.137. The van der Waals surface area contributed by atoms with Gasteiger partial charge in [-0.3, -0.25) is 9.59 Å². The van der Waals surface area contributed by atoms with Crippen LogP contribution in [0.15, 0.2) is 54.6 Å². The first-order valence-electron chi connectivity index (χ1n) is 9.72. The number of nitrogens with one attached hydrogen (secondary N) is 2. The highest BCUT2D eigenvalue weighted by Gasteiger charge is 2.36. The molecule has 2 N–H and O–H groups in total. The van der Waals surface area contributed by atoms with E-state index in [0.29, 0.717) is 23.8 Å². The Labute approximate surface area is 185 Å². The monoisotopic (exact) mass is 453 g/mol. The van der Waals surface area contributed by atoms with Crippen molar-refractivity contribution in [2.75, 3.05) is 5.32 Å². The molecule has 0 aromatic heterocycles. The van der Waals surface area contributed by atoms with Crippen LogP contribution >= 0.6 is 0 Å². The van der Waals surface area contributed by atoms with Crippen LogP contribution < -0.4 is 10.6 Å². The van der Waals surface area contributed by atoms with Gasteiger partial charge in [0.25, 0.3) is 11.8 Å². The minimum atomic E-state index is -4.83. The molecule has 166 valence electrons. The lowest BCUT2D eigenvalue weighted by Crippen LogP contribution is -2.21. The van der Waals surface area contributed by atoms with Gasteiger partial charge in [-0.1, -0.05) is 24.3 Å². The summed E-state index contributed by atoms with van der Waals surface area (Å²) in [5, 5.41) is 14.7. The Morgan fingerprint density at radius 1 is 1.12 bits per heavy atom. The largest absolute Gasteiger partial charge is 0.416 e. The summed E-state index contributed by atoms with van der Waals surface area (Å²) in [6.07, 6.45) is -4.83. The van der Waals surface area contributed by atoms with Gasteiger partial charge in [-0.15, -0.1) is 0 Å². The molecule has 0 unspecified atom stereocenters. The molecule has 9 heteroatoms. The Hall–Kier alpha value is -4.19. The van der Waals surface area contributed by atoms with E-state index in [4.69, 9.17) is 0 Å². The lowest BCUT2D eigenvalue weighted by atomic mass is 9.91. The third kappa shape index (κ3) is 4.03. The molecule has 0 saturated carbocycles. The number of halogens is 4. The van der Waals surface area contributed by atoms with Crippen molar-refractivity contribution in [2.45, 2.75) is 19.1 Å². The van der Waals surface area contributed by atoms with E-state index in [1.165, 1.54) is 12.1 Å². The number of amides is 2. The van der Waals surface area contributed by atoms with Crippen LogP contribution in [0.4, 0.5) is 23.2 Å². The zero-order valence-corrected chi connectivity index (χ0v) is 17.0. The van der Waals surface area contributed by atoms with E-state index in [0.717, 1.165) is 11.1 Å². The molecule has 0 spiro atoms. The molecule has 2 amide bonds. The molecule has 1 atom stereocenters. The van der Waals surface area contributed by atoms with E-state index in [-0.39, 0.29) is 16.8 Å². The number of aryl methyl sites for hydroxylation is 1. The van der Waals surface area contributed by atoms with Gasteiger partial charge in [0.15, 0.2) is 0 Å². The van der Waals surface area contributed by atoms with Crippen LogP contribution in [0.5, 0.6) is 0 Å². The highest BCUT2D eigenvalue weighted by Crippen LogP contribution is 2.39. The summed E-state index contributed by atoms with van der Waals surface area (Å²) < 4.78 is 52.9. The van der Waals surface area contributed by atoms with Crippen LogP contribution in [0.25, 0.3) is 0 Å². The average Bonchev–Trinajstić information content (AvgIpc) is 3.11. The summed E-state index contributed by atoms with van der Waals surface area (Å²) in [5.74, 6) is -2.72. The fraction of sp³-hybridized carbons (Fsp3) is 0.125. The fourth-order valence-electron chi connectivity index (χ4n) is 3.86. The Morgan fingerprint density at radius 3 is 2.52 bits per heavy atom. The van der Waals surface area contributed by atoms with Gasteiger partial charge in [-0.2, -0.15) is 18.4 Å². The van der Waals surface area contributed by atoms with E-state index in [1.54, 1.807) is 12.1 Å². The maximum absolute atomic E-state index is 13.8. The number of hydrogen-bond acceptors (Lipinski definition) is 3. The van der Waals surface area contributed by atoms with Crippen molar-refractivity contribution in [3.63, 3.8) is 0 Å². The third-order valence-electron chi connectivity index (χ3n) is 5.39. The molecule has 0 bridgehead atoms. The number of nitrogens with zero attached hydrogens (tertiary/aromatic N) is 1. The minimum absolute atomic E-state index is 0.0683. The molecule has 3 aromatic carbocycles. The smallest absolute Gasteiger partial charge is 0.341 e. The van der Waals surface area contributed by atoms with Gasteiger partial charge in [-0.25, -0.2) is 4.39 Å². The Balaban J connectivity index is 1.80. The number of carbonyl (C=O) groups is 2. The van der Waals surface area contributed by atoms with E-state index < -0.39 is 41.0 Å². The van der Waals surface area contributed by atoms with Gasteiger partial charge in [0, 0.05) is 16.8 Å². The molecular weight excluding hydrogens is 438 g/mol. The van der Waals surface area contributed by atoms with Crippen LogP contribution in [0.1, 0.15) is 54.6 Å². The van der Waals surface area contributed by atoms with Gasteiger partial charge in [0.1, 0.15) is 5.82 Å². The van der Waals surface area contributed by atoms with Crippen LogP contribution in [-0.2, 0) is 6.18 Å². The first kappa shape index (κ1) is 22.0. The second-order valence-electron chi connectivity index (χ2n) is 7.50. The summed E-state index contributed by atoms with van der Waals surface area (Å²) in [7, 11) is 0. The van der Waals surface area contributed by atoms with Crippen LogP contribution in [0, 0.1) is 24.1 Å². The third-order valence-corrected chi connectivity index (χ3v) is 5.39. The van der Waals surface area contributed by atoms with Gasteiger partial charge >= 0.3 is 6.18 Å². The van der Waals surface area contributed by atoms with E-state index in [2.05, 4.69) is 10.6 Å². The van der Waals surface area contributed by atoms with Gasteiger partial charge in [-0.05, 0) is 48.4 Å². The van der Waals surface area contributed by atoms with Gasteiger partial charge < -0.3 is 10.6 Å². The number of hydrogen-bond donors (Lipinski definition) is 2. The molecular formula is C24H15F4N3O2. The van der Waals surface area contributed by atoms with Crippen molar-refractivity contribution in [1.29, 1.82) is 5.26 Å². The molecule has 33 heavy (non-hydrogen) atoms. The van der Waals surface area contributed by atoms with Crippen molar-refractivity contribution >= 4 is 17.5 Å². The summed E-state index contributed by atoms with van der Waals surface area (Å²) in [6, 6.07) is 12.7. The first-order valence-corrected chi connectivity index (χ1v) is 9.72. The SMILES string of the molecule is Cc1ccccc1[C@H]1NC(=O)c2c(C#N)ccc(NC(=O)c3cc(F)cc(C(F)(F)F)c3)c21. The van der Waals surface area contributed by atoms with Crippen LogP contribution in [0.3, 0.4) is 0 Å². The van der Waals surface area contributed by atoms with Crippen molar-refractivity contribution in [3.05, 3.63) is 99.4 Å². The topological polar surface area (TPSA) is 82.0 Å². The number of benzene rings is 3. The Kier molecular flexibility index (Phi) is 5.38. The number of anilines is 1. The highest BCUT2D eigenvalue weighted by atomic mass is 19.4. The van der Waals surface area contributed by atoms with Crippen molar-refractivity contribution in [1.82, 2.24) is 5.32 Å². The van der Waals surface area contributed by atoms with Gasteiger partial charge in [0.05, 0.1) is 28.8 Å². The summed E-state index contributed by atoms with van der Waals surface area (Å²) >= 11 is 0. The van der Waals surface area contributed by atoms with Crippen molar-refractivity contribution in [3.8, 4) is 6.07 Å². The second kappa shape index (κ2) is 8.06. The molecule has 3 aromatic rings. The molecule has 0 saturated heterocycles. The first-order chi connectivity index (χ1) is 15.6. The van der Waals surface area contributed by atoms with Crippen LogP contribution in [0.2, 0.25) is 0 Å². The van der Waals surface area contributed by atoms with E-state index in [9.17, 15) is 32.4 Å². The highest BCUT2D eigenvalue weighted by molar-refractivity contribution is 6.08. The summed E-state index contributed by atoms with van der Waals surface area (Å²) in [6.45, 7) is 1.83. The standard InChI is InChI=1S/C24H15F4N3O2/c1-12-4-2-3-5-17(12)21-20-18(7-6-13(11-29)19(20)23(33)31-21)30-22(32)14-8-15(24(26,27)28)10-16(25)9-14/h2-10,21H,1H3,(H,30,32)(H,31,33)/t21-/m1/s1. The summed E-state index contributed by atoms with van der Waals surface area (Å²) in [4.78, 5) is 25.5. The quantitative estimate of drug-likeness (QED) is 0.541. The molecule has 0 radical (unpaired) electrons. The molecule has 1 heterocycles. The van der Waals surface area contributed by atoms with Crippen molar-refractivity contribution in [2.24, 2.45) is 0 Å². The number of nitriles is 1. The number of fused-ring (bicyclic) bond motifs is 1. The number of carbonyl (C=O) groups excluding carboxylic acids is 2. The van der Waals surface area contributed by atoms with Crippen LogP contribution in [-0.4, -0.2) is 11.8 Å². The molecule has 4 rings (SSSR count). The fourth-order valence-corrected chi connectivity index (χ4v) is 3.86. The zero-order chi connectivity index (χ0) is 23.9. The molecule has 1 aliphatic heterocycles. The zero-order valence-electron chi connectivity index (χ0n) is 17.0. The minimum Gasteiger partial charge on any atom is -0.341 e. The van der Waals surface area contributed by atoms with Gasteiger partial charge in [0.2, 0.25) is 0 Å². The lowest BCUT2D eigenvalue weighted by Gasteiger charge is -2.19. The normalized spacial score (nSPS) is 14.9. The van der Waals surface area contributed by atoms with Crippen molar-refractivity contribution < 1.29 is 27.2 Å². The molecule has 0 aliphatic carbocycles. The van der Waals surface area contributed by atoms with E-state index >= 15 is 0 Å². The second-order valence-corrected chi connectivity index (χ2v) is 7.50. The average molecular weight is 453 g/mol. The predicted molar refractivity (Wildman–Crippen MR) is 111 cm³/mol. The maximum atomic E-state index is 13.8. The Morgan fingerprint density at radius 2 is 1.85 bits per heavy atom. The number of alkyl halides is 3.